The first kappa shape index (κ1) is 19.6. The van der Waals surface area contributed by atoms with Crippen LogP contribution in [0.4, 0.5) is 5.82 Å². The molecule has 1 fully saturated rings. The topological polar surface area (TPSA) is 98.9 Å². The lowest BCUT2D eigenvalue weighted by Crippen LogP contribution is -2.36. The van der Waals surface area contributed by atoms with Crippen LogP contribution in [0.1, 0.15) is 42.0 Å². The van der Waals surface area contributed by atoms with E-state index in [9.17, 15) is 4.79 Å². The van der Waals surface area contributed by atoms with Crippen LogP contribution in [-0.2, 0) is 4.74 Å². The van der Waals surface area contributed by atoms with Gasteiger partial charge in [0.05, 0.1) is 28.7 Å². The third kappa shape index (κ3) is 3.74. The van der Waals surface area contributed by atoms with Gasteiger partial charge in [0.15, 0.2) is 11.6 Å². The maximum absolute atomic E-state index is 12.8. The predicted molar refractivity (Wildman–Crippen MR) is 120 cm³/mol. The lowest BCUT2D eigenvalue weighted by atomic mass is 10.1. The summed E-state index contributed by atoms with van der Waals surface area (Å²) in [6, 6.07) is 13.7. The Hall–Kier alpha value is -3.39. The zero-order valence-electron chi connectivity index (χ0n) is 17.7. The molecule has 8 nitrogen and oxygen atoms in total. The number of piperidine rings is 1. The Balaban J connectivity index is 1.39. The third-order valence-corrected chi connectivity index (χ3v) is 6.08. The molecule has 0 aliphatic carbocycles. The summed E-state index contributed by atoms with van der Waals surface area (Å²) in [6.45, 7) is 3.77. The minimum Gasteiger partial charge on any atom is -0.381 e. The number of nitrogens with zero attached hydrogens (tertiary/aromatic N) is 3. The van der Waals surface area contributed by atoms with Crippen molar-refractivity contribution in [2.24, 2.45) is 0 Å². The molecule has 1 atom stereocenters. The van der Waals surface area contributed by atoms with Crippen LogP contribution in [0.2, 0.25) is 0 Å². The van der Waals surface area contributed by atoms with Crippen molar-refractivity contribution in [3.63, 3.8) is 0 Å². The van der Waals surface area contributed by atoms with Gasteiger partial charge < -0.3 is 19.9 Å². The maximum Gasteiger partial charge on any atom is 0.287 e. The summed E-state index contributed by atoms with van der Waals surface area (Å²) < 4.78 is 5.48. The van der Waals surface area contributed by atoms with Gasteiger partial charge in [-0.05, 0) is 37.5 Å². The molecule has 4 aromatic rings. The number of rotatable bonds is 5. The molecule has 1 saturated heterocycles. The highest BCUT2D eigenvalue weighted by Gasteiger charge is 2.23. The molecule has 3 heterocycles. The number of benzene rings is 2. The SMILES string of the molecule is COC1CCN(c2n[nH]c3cc4[nH]c(C(=O)NC(C)c5ccccc5)nc4cc23)CC1. The average molecular weight is 419 g/mol. The van der Waals surface area contributed by atoms with Crippen LogP contribution >= 0.6 is 0 Å². The van der Waals surface area contributed by atoms with Crippen LogP contribution in [-0.4, -0.2) is 52.4 Å². The van der Waals surface area contributed by atoms with Crippen LogP contribution in [0.5, 0.6) is 0 Å². The molecular formula is C23H26N6O2. The summed E-state index contributed by atoms with van der Waals surface area (Å²) in [5.41, 5.74) is 3.52. The fourth-order valence-electron chi connectivity index (χ4n) is 4.25. The van der Waals surface area contributed by atoms with Crippen LogP contribution in [0, 0.1) is 0 Å². The monoisotopic (exact) mass is 418 g/mol. The summed E-state index contributed by atoms with van der Waals surface area (Å²) in [6.07, 6.45) is 2.29. The number of nitrogens with one attached hydrogen (secondary N) is 3. The van der Waals surface area contributed by atoms with Gasteiger partial charge in [0.2, 0.25) is 0 Å². The number of imidazole rings is 1. The number of ether oxygens (including phenoxy) is 1. The van der Waals surface area contributed by atoms with E-state index in [1.54, 1.807) is 7.11 Å². The van der Waals surface area contributed by atoms with E-state index in [-0.39, 0.29) is 11.9 Å². The van der Waals surface area contributed by atoms with Crippen molar-refractivity contribution < 1.29 is 9.53 Å². The second-order valence-electron chi connectivity index (χ2n) is 8.08. The maximum atomic E-state index is 12.8. The number of hydrogen-bond donors (Lipinski definition) is 3. The summed E-state index contributed by atoms with van der Waals surface area (Å²) in [4.78, 5) is 22.7. The molecule has 0 radical (unpaired) electrons. The average Bonchev–Trinajstić information content (AvgIpc) is 3.41. The highest BCUT2D eigenvalue weighted by atomic mass is 16.5. The van der Waals surface area contributed by atoms with Crippen molar-refractivity contribution in [1.82, 2.24) is 25.5 Å². The molecular weight excluding hydrogens is 392 g/mol. The Labute approximate surface area is 180 Å². The number of hydrogen-bond acceptors (Lipinski definition) is 5. The molecule has 31 heavy (non-hydrogen) atoms. The van der Waals surface area contributed by atoms with Gasteiger partial charge in [-0.25, -0.2) is 4.98 Å². The zero-order chi connectivity index (χ0) is 21.4. The first-order valence-electron chi connectivity index (χ1n) is 10.6. The van der Waals surface area contributed by atoms with E-state index in [2.05, 4.69) is 30.4 Å². The van der Waals surface area contributed by atoms with Crippen LogP contribution in [0.3, 0.4) is 0 Å². The van der Waals surface area contributed by atoms with Crippen LogP contribution in [0.15, 0.2) is 42.5 Å². The number of methoxy groups -OCH3 is 1. The van der Waals surface area contributed by atoms with E-state index in [0.29, 0.717) is 11.9 Å². The van der Waals surface area contributed by atoms with Gasteiger partial charge >= 0.3 is 0 Å². The molecule has 1 amide bonds. The molecule has 160 valence electrons. The van der Waals surface area contributed by atoms with Crippen molar-refractivity contribution in [3.05, 3.63) is 53.9 Å². The number of carbonyl (C=O) groups is 1. The number of anilines is 1. The second kappa shape index (κ2) is 8.03. The van der Waals surface area contributed by atoms with E-state index in [0.717, 1.165) is 59.2 Å². The quantitative estimate of drug-likeness (QED) is 0.460. The summed E-state index contributed by atoms with van der Waals surface area (Å²) in [7, 11) is 1.77. The standard InChI is InChI=1S/C23H26N6O2/c1-14(15-6-4-3-5-7-15)24-23(30)21-25-19-12-17-18(13-20(19)26-21)27-28-22(17)29-10-8-16(31-2)9-11-29/h3-7,12-14,16H,8-11H2,1-2H3,(H,24,30)(H,25,26)(H,27,28). The molecule has 1 aliphatic heterocycles. The highest BCUT2D eigenvalue weighted by molar-refractivity contribution is 6.01. The Morgan fingerprint density at radius 3 is 2.71 bits per heavy atom. The summed E-state index contributed by atoms with van der Waals surface area (Å²) >= 11 is 0. The zero-order valence-corrected chi connectivity index (χ0v) is 17.7. The molecule has 0 spiro atoms. The fourth-order valence-corrected chi connectivity index (χ4v) is 4.25. The van der Waals surface area contributed by atoms with Gasteiger partial charge in [-0.15, -0.1) is 0 Å². The van der Waals surface area contributed by atoms with E-state index in [1.807, 2.05) is 49.4 Å². The number of carbonyl (C=O) groups excluding carboxylic acids is 1. The predicted octanol–water partition coefficient (Wildman–Crippen LogP) is 3.55. The van der Waals surface area contributed by atoms with Crippen molar-refractivity contribution in [2.75, 3.05) is 25.1 Å². The number of H-pyrrole nitrogens is 2. The second-order valence-corrected chi connectivity index (χ2v) is 8.08. The Bertz CT molecular complexity index is 1210. The Morgan fingerprint density at radius 2 is 1.97 bits per heavy atom. The van der Waals surface area contributed by atoms with Crippen molar-refractivity contribution >= 4 is 33.7 Å². The molecule has 5 rings (SSSR count). The molecule has 1 unspecified atom stereocenters. The number of aromatic nitrogens is 4. The van der Waals surface area contributed by atoms with Gasteiger partial charge in [-0.1, -0.05) is 30.3 Å². The third-order valence-electron chi connectivity index (χ3n) is 6.08. The van der Waals surface area contributed by atoms with Crippen LogP contribution in [0.25, 0.3) is 21.9 Å². The molecule has 3 N–H and O–H groups in total. The molecule has 8 heteroatoms. The molecule has 1 aliphatic rings. The Morgan fingerprint density at radius 1 is 1.19 bits per heavy atom. The van der Waals surface area contributed by atoms with E-state index >= 15 is 0 Å². The number of fused-ring (bicyclic) bond motifs is 2. The smallest absolute Gasteiger partial charge is 0.287 e. The molecule has 0 saturated carbocycles. The number of aromatic amines is 2. The van der Waals surface area contributed by atoms with Gasteiger partial charge in [0, 0.05) is 25.6 Å². The lowest BCUT2D eigenvalue weighted by Gasteiger charge is -2.31. The van der Waals surface area contributed by atoms with E-state index in [1.165, 1.54) is 0 Å². The minimum absolute atomic E-state index is 0.109. The highest BCUT2D eigenvalue weighted by Crippen LogP contribution is 2.30. The van der Waals surface area contributed by atoms with Gasteiger partial charge in [-0.2, -0.15) is 5.10 Å². The molecule has 2 aromatic heterocycles. The van der Waals surface area contributed by atoms with Crippen molar-refractivity contribution in [1.29, 1.82) is 0 Å². The van der Waals surface area contributed by atoms with E-state index in [4.69, 9.17) is 4.74 Å². The first-order valence-corrected chi connectivity index (χ1v) is 10.6. The fraction of sp³-hybridized carbons (Fsp3) is 0.348. The first-order chi connectivity index (χ1) is 15.1. The molecule has 2 aromatic carbocycles. The van der Waals surface area contributed by atoms with Gasteiger partial charge in [0.25, 0.3) is 5.91 Å². The van der Waals surface area contributed by atoms with Crippen molar-refractivity contribution in [3.8, 4) is 0 Å². The van der Waals surface area contributed by atoms with Gasteiger partial charge in [0.1, 0.15) is 0 Å². The lowest BCUT2D eigenvalue weighted by molar-refractivity contribution is 0.0818. The Kier molecular flexibility index (Phi) is 5.07. The van der Waals surface area contributed by atoms with Gasteiger partial charge in [-0.3, -0.25) is 9.89 Å². The normalized spacial score (nSPS) is 16.1. The largest absolute Gasteiger partial charge is 0.381 e. The number of amides is 1. The molecule has 0 bridgehead atoms. The van der Waals surface area contributed by atoms with Crippen molar-refractivity contribution in [2.45, 2.75) is 31.9 Å². The van der Waals surface area contributed by atoms with Crippen LogP contribution < -0.4 is 10.2 Å². The summed E-state index contributed by atoms with van der Waals surface area (Å²) in [5, 5.41) is 11.7. The minimum atomic E-state index is -0.226. The summed E-state index contributed by atoms with van der Waals surface area (Å²) in [5.74, 6) is 1.01. The van der Waals surface area contributed by atoms with E-state index < -0.39 is 0 Å².